The van der Waals surface area contributed by atoms with E-state index in [1.165, 1.54) is 0 Å². The van der Waals surface area contributed by atoms with Gasteiger partial charge in [-0.05, 0) is 12.8 Å². The van der Waals surface area contributed by atoms with Crippen LogP contribution in [0, 0.1) is 17.8 Å². The molecule has 1 spiro atoms. The first-order chi connectivity index (χ1) is 17.6. The van der Waals surface area contributed by atoms with Crippen molar-refractivity contribution in [3.63, 3.8) is 0 Å². The first-order valence-electron chi connectivity index (χ1n) is 13.5. The minimum Gasteiger partial charge on any atom is -0.394 e. The Balaban J connectivity index is 1.55. The highest BCUT2D eigenvalue weighted by Crippen LogP contribution is 2.58. The molecule has 10 heteroatoms. The number of aliphatic hydroxyl groups is 1. The quantitative estimate of drug-likeness (QED) is 0.485. The number of aliphatic hydroxyl groups excluding tert-OH is 1. The third-order valence-electron chi connectivity index (χ3n) is 8.88. The maximum Gasteiger partial charge on any atom is 0.249 e. The molecule has 0 bridgehead atoms. The Labute approximate surface area is 218 Å². The second-order valence-electron chi connectivity index (χ2n) is 11.5. The van der Waals surface area contributed by atoms with Gasteiger partial charge in [-0.3, -0.25) is 19.3 Å². The summed E-state index contributed by atoms with van der Waals surface area (Å²) in [4.78, 5) is 49.5. The molecule has 204 valence electrons. The molecule has 0 aromatic heterocycles. The summed E-state index contributed by atoms with van der Waals surface area (Å²) in [5.74, 6) is -2.37. The molecule has 0 radical (unpaired) electrons. The molecule has 5 rings (SSSR count). The van der Waals surface area contributed by atoms with Gasteiger partial charge in [0.2, 0.25) is 17.7 Å². The summed E-state index contributed by atoms with van der Waals surface area (Å²) >= 11 is 0. The van der Waals surface area contributed by atoms with E-state index in [9.17, 15) is 19.5 Å². The summed E-state index contributed by atoms with van der Waals surface area (Å²) in [6, 6.07) is -1.52. The highest BCUT2D eigenvalue weighted by Gasteiger charge is 2.75. The van der Waals surface area contributed by atoms with Crippen LogP contribution in [0.15, 0.2) is 24.3 Å². The fourth-order valence-corrected chi connectivity index (χ4v) is 6.89. The van der Waals surface area contributed by atoms with E-state index in [4.69, 9.17) is 9.47 Å². The van der Waals surface area contributed by atoms with Crippen LogP contribution in [-0.2, 0) is 23.9 Å². The number of amides is 3. The fraction of sp³-hybridized carbons (Fsp3) is 0.741. The normalized spacial score (nSPS) is 37.1. The van der Waals surface area contributed by atoms with Gasteiger partial charge in [0.15, 0.2) is 0 Å². The maximum absolute atomic E-state index is 14.3. The molecule has 1 N–H and O–H groups in total. The van der Waals surface area contributed by atoms with Gasteiger partial charge in [0.1, 0.15) is 11.6 Å². The third-order valence-corrected chi connectivity index (χ3v) is 8.88. The Morgan fingerprint density at radius 2 is 1.70 bits per heavy atom. The van der Waals surface area contributed by atoms with Gasteiger partial charge >= 0.3 is 0 Å². The number of rotatable bonds is 6. The second-order valence-corrected chi connectivity index (χ2v) is 11.5. The maximum atomic E-state index is 14.3. The van der Waals surface area contributed by atoms with E-state index < -0.39 is 35.1 Å². The van der Waals surface area contributed by atoms with Gasteiger partial charge in [-0.1, -0.05) is 38.2 Å². The lowest BCUT2D eigenvalue weighted by Crippen LogP contribution is -2.60. The molecule has 3 amide bonds. The van der Waals surface area contributed by atoms with Crippen LogP contribution in [0.5, 0.6) is 0 Å². The van der Waals surface area contributed by atoms with E-state index >= 15 is 0 Å². The van der Waals surface area contributed by atoms with Crippen LogP contribution >= 0.6 is 0 Å². The number of hydrogen-bond acceptors (Lipinski definition) is 7. The molecule has 0 saturated carbocycles. The largest absolute Gasteiger partial charge is 0.394 e. The molecule has 0 aliphatic carbocycles. The van der Waals surface area contributed by atoms with Gasteiger partial charge in [-0.2, -0.15) is 0 Å². The molecule has 1 unspecified atom stereocenters. The number of likely N-dealkylation sites (tertiary alicyclic amines) is 1. The molecule has 3 saturated heterocycles. The lowest BCUT2D eigenvalue weighted by molar-refractivity contribution is -0.156. The second kappa shape index (κ2) is 9.80. The van der Waals surface area contributed by atoms with Crippen molar-refractivity contribution in [1.29, 1.82) is 0 Å². The molecule has 5 aliphatic heterocycles. The van der Waals surface area contributed by atoms with Crippen LogP contribution in [0.4, 0.5) is 0 Å². The van der Waals surface area contributed by atoms with Crippen molar-refractivity contribution in [2.45, 2.75) is 44.1 Å². The minimum absolute atomic E-state index is 0.0922. The molecule has 6 atom stereocenters. The van der Waals surface area contributed by atoms with E-state index in [2.05, 4.69) is 4.90 Å². The van der Waals surface area contributed by atoms with Gasteiger partial charge < -0.3 is 29.3 Å². The molecule has 0 aromatic rings. The van der Waals surface area contributed by atoms with E-state index in [0.717, 1.165) is 13.1 Å². The molecular formula is C27H40N4O6. The van der Waals surface area contributed by atoms with Gasteiger partial charge in [0.05, 0.1) is 43.3 Å². The van der Waals surface area contributed by atoms with E-state index in [-0.39, 0.29) is 30.2 Å². The molecule has 0 aromatic carbocycles. The Morgan fingerprint density at radius 1 is 1.00 bits per heavy atom. The first kappa shape index (κ1) is 26.3. The van der Waals surface area contributed by atoms with Crippen molar-refractivity contribution in [3.05, 3.63) is 24.3 Å². The average molecular weight is 517 g/mol. The Hall–Kier alpha value is -2.27. The first-order valence-corrected chi connectivity index (χ1v) is 13.5. The SMILES string of the molecule is CC(C)[C@H](CO)N1C(=O)[C@@H]2[C@@H]3C(=O)N(C)CC=C[C@]3(C)O[C@@]23C=CCN(CCN2CCOCC2)C(=O)C13. The predicted molar refractivity (Wildman–Crippen MR) is 135 cm³/mol. The summed E-state index contributed by atoms with van der Waals surface area (Å²) in [5.41, 5.74) is -2.31. The van der Waals surface area contributed by atoms with Crippen molar-refractivity contribution < 1.29 is 29.0 Å². The van der Waals surface area contributed by atoms with Crippen molar-refractivity contribution in [1.82, 2.24) is 19.6 Å². The lowest BCUT2D eigenvalue weighted by Gasteiger charge is -2.41. The number of ether oxygens (including phenoxy) is 2. The monoisotopic (exact) mass is 516 g/mol. The van der Waals surface area contributed by atoms with Crippen LogP contribution in [0.3, 0.4) is 0 Å². The molecule has 37 heavy (non-hydrogen) atoms. The molecule has 3 fully saturated rings. The number of carbonyl (C=O) groups is 3. The summed E-state index contributed by atoms with van der Waals surface area (Å²) in [6.45, 7) is 10.5. The number of hydrogen-bond donors (Lipinski definition) is 1. The topological polar surface area (TPSA) is 103 Å². The zero-order chi connectivity index (χ0) is 26.5. The van der Waals surface area contributed by atoms with Crippen molar-refractivity contribution in [2.75, 3.05) is 66.1 Å². The smallest absolute Gasteiger partial charge is 0.249 e. The predicted octanol–water partition coefficient (Wildman–Crippen LogP) is -0.267. The van der Waals surface area contributed by atoms with E-state index in [0.29, 0.717) is 39.4 Å². The van der Waals surface area contributed by atoms with Crippen molar-refractivity contribution in [3.8, 4) is 0 Å². The highest BCUT2D eigenvalue weighted by molar-refractivity contribution is 6.00. The highest BCUT2D eigenvalue weighted by atomic mass is 16.5. The van der Waals surface area contributed by atoms with E-state index in [1.54, 1.807) is 21.7 Å². The number of morpholine rings is 1. The Morgan fingerprint density at radius 3 is 2.38 bits per heavy atom. The Bertz CT molecular complexity index is 993. The number of likely N-dealkylation sites (N-methyl/N-ethyl adjacent to an activating group) is 1. The summed E-state index contributed by atoms with van der Waals surface area (Å²) in [6.07, 6.45) is 7.56. The van der Waals surface area contributed by atoms with Gasteiger partial charge in [0.25, 0.3) is 0 Å². The molecular weight excluding hydrogens is 476 g/mol. The van der Waals surface area contributed by atoms with Gasteiger partial charge in [0, 0.05) is 46.3 Å². The fourth-order valence-electron chi connectivity index (χ4n) is 6.89. The zero-order valence-corrected chi connectivity index (χ0v) is 22.3. The number of carbonyl (C=O) groups excluding carboxylic acids is 3. The van der Waals surface area contributed by atoms with Gasteiger partial charge in [-0.15, -0.1) is 0 Å². The van der Waals surface area contributed by atoms with Gasteiger partial charge in [-0.25, -0.2) is 0 Å². The third kappa shape index (κ3) is 4.13. The average Bonchev–Trinajstić information content (AvgIpc) is 3.14. The summed E-state index contributed by atoms with van der Waals surface area (Å²) in [5, 5.41) is 10.4. The van der Waals surface area contributed by atoms with Crippen LogP contribution in [0.2, 0.25) is 0 Å². The minimum atomic E-state index is -1.29. The summed E-state index contributed by atoms with van der Waals surface area (Å²) in [7, 11) is 1.73. The lowest BCUT2D eigenvalue weighted by atomic mass is 9.74. The summed E-state index contributed by atoms with van der Waals surface area (Å²) < 4.78 is 12.2. The molecule has 5 heterocycles. The van der Waals surface area contributed by atoms with Crippen LogP contribution < -0.4 is 0 Å². The number of nitrogens with zero attached hydrogens (tertiary/aromatic N) is 4. The van der Waals surface area contributed by atoms with Crippen LogP contribution in [0.25, 0.3) is 0 Å². The standard InChI is InChI=1S/C27H40N4O6/c1-18(2)19(17-32)31-22-25(35)30(12-11-29-13-15-36-16-14-29)10-6-8-27(22)21(24(31)34)20-23(33)28(4)9-5-7-26(20,3)37-27/h5-8,18-22,32H,9-17H2,1-4H3/t19-,20+,21-,22?,26-,27-/m0/s1. The molecule has 5 aliphatic rings. The zero-order valence-electron chi connectivity index (χ0n) is 22.3. The number of fused-ring (bicyclic) bond motifs is 2. The van der Waals surface area contributed by atoms with Crippen LogP contribution in [-0.4, -0.2) is 132 Å². The molecule has 10 nitrogen and oxygen atoms in total. The van der Waals surface area contributed by atoms with E-state index in [1.807, 2.05) is 45.1 Å². The van der Waals surface area contributed by atoms with Crippen LogP contribution in [0.1, 0.15) is 20.8 Å². The van der Waals surface area contributed by atoms with Crippen molar-refractivity contribution >= 4 is 17.7 Å². The van der Waals surface area contributed by atoms with Crippen molar-refractivity contribution in [2.24, 2.45) is 17.8 Å². The Kier molecular flexibility index (Phi) is 6.97.